The number of carbonyl (C=O) groups is 2. The van der Waals surface area contributed by atoms with Crippen LogP contribution in [0.5, 0.6) is 0 Å². The van der Waals surface area contributed by atoms with Gasteiger partial charge in [-0.25, -0.2) is 0 Å². The summed E-state index contributed by atoms with van der Waals surface area (Å²) in [7, 11) is 0. The zero-order valence-corrected chi connectivity index (χ0v) is 12.9. The van der Waals surface area contributed by atoms with E-state index in [-0.39, 0.29) is 0 Å². The standard InChI is InChI=1S/C17H20N4O2/c22-16(18-8-2-10-21-11-3-9-19-21)17(23)20-15-7-6-13-4-1-5-14(13)12-15/h3,6-7,9,11-12H,1-2,4-5,8,10H2,(H,18,22)(H,20,23). The molecule has 0 fully saturated rings. The molecule has 2 aromatic rings. The van der Waals surface area contributed by atoms with E-state index in [0.717, 1.165) is 25.7 Å². The first-order valence-electron chi connectivity index (χ1n) is 7.91. The second kappa shape index (κ2) is 7.09. The maximum Gasteiger partial charge on any atom is 0.313 e. The Hall–Kier alpha value is -2.63. The van der Waals surface area contributed by atoms with Crippen LogP contribution in [0.2, 0.25) is 0 Å². The Morgan fingerprint density at radius 3 is 2.87 bits per heavy atom. The number of fused-ring (bicyclic) bond motifs is 1. The summed E-state index contributed by atoms with van der Waals surface area (Å²) in [4.78, 5) is 23.7. The third-order valence-electron chi connectivity index (χ3n) is 3.97. The summed E-state index contributed by atoms with van der Waals surface area (Å²) in [5.74, 6) is -1.23. The minimum Gasteiger partial charge on any atom is -0.348 e. The van der Waals surface area contributed by atoms with E-state index in [2.05, 4.69) is 15.7 Å². The van der Waals surface area contributed by atoms with Gasteiger partial charge in [0.25, 0.3) is 0 Å². The van der Waals surface area contributed by atoms with Gasteiger partial charge in [0.15, 0.2) is 0 Å². The summed E-state index contributed by atoms with van der Waals surface area (Å²) < 4.78 is 1.79. The highest BCUT2D eigenvalue weighted by Gasteiger charge is 2.15. The number of hydrogen-bond donors (Lipinski definition) is 2. The van der Waals surface area contributed by atoms with Crippen LogP contribution in [0.3, 0.4) is 0 Å². The van der Waals surface area contributed by atoms with Crippen molar-refractivity contribution < 1.29 is 9.59 Å². The minimum absolute atomic E-state index is 0.441. The quantitative estimate of drug-likeness (QED) is 0.649. The van der Waals surface area contributed by atoms with E-state index in [1.165, 1.54) is 11.1 Å². The van der Waals surface area contributed by atoms with Gasteiger partial charge in [0, 0.05) is 31.2 Å². The molecule has 1 aliphatic rings. The molecule has 23 heavy (non-hydrogen) atoms. The summed E-state index contributed by atoms with van der Waals surface area (Å²) in [6.07, 6.45) is 7.59. The molecule has 0 bridgehead atoms. The SMILES string of the molecule is O=C(NCCCn1cccn1)C(=O)Nc1ccc2c(c1)CCC2. The van der Waals surface area contributed by atoms with Crippen LogP contribution in [-0.2, 0) is 29.0 Å². The Morgan fingerprint density at radius 2 is 2.04 bits per heavy atom. The van der Waals surface area contributed by atoms with Crippen LogP contribution >= 0.6 is 0 Å². The van der Waals surface area contributed by atoms with Crippen molar-refractivity contribution in [2.75, 3.05) is 11.9 Å². The van der Waals surface area contributed by atoms with Crippen LogP contribution < -0.4 is 10.6 Å². The van der Waals surface area contributed by atoms with E-state index >= 15 is 0 Å². The monoisotopic (exact) mass is 312 g/mol. The Labute approximate surface area is 134 Å². The maximum absolute atomic E-state index is 11.9. The lowest BCUT2D eigenvalue weighted by molar-refractivity contribution is -0.136. The number of carbonyl (C=O) groups excluding carboxylic acids is 2. The molecule has 0 unspecified atom stereocenters. The van der Waals surface area contributed by atoms with E-state index in [0.29, 0.717) is 18.8 Å². The Bertz CT molecular complexity index is 695. The summed E-state index contributed by atoms with van der Waals surface area (Å²) >= 11 is 0. The molecule has 0 saturated carbocycles. The predicted octanol–water partition coefficient (Wildman–Crippen LogP) is 1.52. The zero-order valence-electron chi connectivity index (χ0n) is 12.9. The molecule has 120 valence electrons. The lowest BCUT2D eigenvalue weighted by Crippen LogP contribution is -2.36. The van der Waals surface area contributed by atoms with Gasteiger partial charge in [-0.3, -0.25) is 14.3 Å². The average molecular weight is 312 g/mol. The average Bonchev–Trinajstić information content (AvgIpc) is 3.22. The molecule has 2 N–H and O–H groups in total. The number of hydrogen-bond acceptors (Lipinski definition) is 3. The molecular formula is C17H20N4O2. The molecule has 1 aromatic carbocycles. The molecule has 0 spiro atoms. The largest absolute Gasteiger partial charge is 0.348 e. The van der Waals surface area contributed by atoms with Crippen LogP contribution in [0, 0.1) is 0 Å². The van der Waals surface area contributed by atoms with Crippen LogP contribution in [0.15, 0.2) is 36.7 Å². The van der Waals surface area contributed by atoms with Gasteiger partial charge < -0.3 is 10.6 Å². The van der Waals surface area contributed by atoms with Crippen molar-refractivity contribution in [1.82, 2.24) is 15.1 Å². The van der Waals surface area contributed by atoms with Crippen molar-refractivity contribution in [3.63, 3.8) is 0 Å². The number of anilines is 1. The van der Waals surface area contributed by atoms with Crippen molar-refractivity contribution in [2.24, 2.45) is 0 Å². The molecule has 1 aromatic heterocycles. The number of benzene rings is 1. The molecule has 1 aliphatic carbocycles. The summed E-state index contributed by atoms with van der Waals surface area (Å²) in [5.41, 5.74) is 3.29. The van der Waals surface area contributed by atoms with Gasteiger partial charge in [0.1, 0.15) is 0 Å². The Kier molecular flexibility index (Phi) is 4.71. The van der Waals surface area contributed by atoms with E-state index < -0.39 is 11.8 Å². The lowest BCUT2D eigenvalue weighted by Gasteiger charge is -2.08. The van der Waals surface area contributed by atoms with Crippen LogP contribution in [0.1, 0.15) is 24.0 Å². The number of aryl methyl sites for hydroxylation is 3. The van der Waals surface area contributed by atoms with E-state index in [9.17, 15) is 9.59 Å². The topological polar surface area (TPSA) is 76.0 Å². The second-order valence-corrected chi connectivity index (χ2v) is 5.67. The molecule has 0 atom stereocenters. The molecule has 0 radical (unpaired) electrons. The number of nitrogens with zero attached hydrogens (tertiary/aromatic N) is 2. The fourth-order valence-electron chi connectivity index (χ4n) is 2.79. The van der Waals surface area contributed by atoms with Crippen LogP contribution in [0.4, 0.5) is 5.69 Å². The Balaban J connectivity index is 1.43. The number of nitrogens with one attached hydrogen (secondary N) is 2. The molecule has 6 nitrogen and oxygen atoms in total. The maximum atomic E-state index is 11.9. The third kappa shape index (κ3) is 3.97. The van der Waals surface area contributed by atoms with Gasteiger partial charge in [-0.2, -0.15) is 5.10 Å². The molecule has 3 rings (SSSR count). The molecule has 0 saturated heterocycles. The summed E-state index contributed by atoms with van der Waals surface area (Å²) in [5, 5.41) is 9.36. The van der Waals surface area contributed by atoms with Crippen molar-refractivity contribution in [2.45, 2.75) is 32.2 Å². The number of aromatic nitrogens is 2. The summed E-state index contributed by atoms with van der Waals surface area (Å²) in [6, 6.07) is 7.70. The van der Waals surface area contributed by atoms with Gasteiger partial charge in [0.05, 0.1) is 0 Å². The molecule has 2 amide bonds. The lowest BCUT2D eigenvalue weighted by atomic mass is 10.1. The molecule has 6 heteroatoms. The van der Waals surface area contributed by atoms with Gasteiger partial charge in [0.2, 0.25) is 0 Å². The highest BCUT2D eigenvalue weighted by atomic mass is 16.2. The summed E-state index contributed by atoms with van der Waals surface area (Å²) in [6.45, 7) is 1.15. The Morgan fingerprint density at radius 1 is 1.17 bits per heavy atom. The minimum atomic E-state index is -0.623. The normalized spacial score (nSPS) is 12.7. The van der Waals surface area contributed by atoms with E-state index in [1.807, 2.05) is 30.5 Å². The smallest absolute Gasteiger partial charge is 0.313 e. The predicted molar refractivity (Wildman–Crippen MR) is 87.0 cm³/mol. The highest BCUT2D eigenvalue weighted by molar-refractivity contribution is 6.39. The molecular weight excluding hydrogens is 292 g/mol. The first-order chi connectivity index (χ1) is 11.2. The first-order valence-corrected chi connectivity index (χ1v) is 7.91. The zero-order chi connectivity index (χ0) is 16.1. The van der Waals surface area contributed by atoms with Crippen molar-refractivity contribution >= 4 is 17.5 Å². The second-order valence-electron chi connectivity index (χ2n) is 5.67. The van der Waals surface area contributed by atoms with Gasteiger partial charge in [-0.15, -0.1) is 0 Å². The number of rotatable bonds is 5. The highest BCUT2D eigenvalue weighted by Crippen LogP contribution is 2.24. The third-order valence-corrected chi connectivity index (χ3v) is 3.97. The fraction of sp³-hybridized carbons (Fsp3) is 0.353. The van der Waals surface area contributed by atoms with Gasteiger partial charge in [-0.05, 0) is 55.0 Å². The van der Waals surface area contributed by atoms with E-state index in [1.54, 1.807) is 10.9 Å². The van der Waals surface area contributed by atoms with Crippen LogP contribution in [-0.4, -0.2) is 28.1 Å². The van der Waals surface area contributed by atoms with Gasteiger partial charge >= 0.3 is 11.8 Å². The fourth-order valence-corrected chi connectivity index (χ4v) is 2.79. The van der Waals surface area contributed by atoms with E-state index in [4.69, 9.17) is 0 Å². The van der Waals surface area contributed by atoms with Crippen molar-refractivity contribution in [3.05, 3.63) is 47.8 Å². The van der Waals surface area contributed by atoms with Crippen molar-refractivity contribution in [1.29, 1.82) is 0 Å². The van der Waals surface area contributed by atoms with Gasteiger partial charge in [-0.1, -0.05) is 6.07 Å². The van der Waals surface area contributed by atoms with Crippen LogP contribution in [0.25, 0.3) is 0 Å². The first kappa shape index (κ1) is 15.3. The molecule has 0 aliphatic heterocycles. The van der Waals surface area contributed by atoms with Crippen molar-refractivity contribution in [3.8, 4) is 0 Å². The molecule has 1 heterocycles. The number of amides is 2.